The number of hydrogen-bond acceptors (Lipinski definition) is 4. The molecule has 0 aromatic heterocycles. The zero-order valence-electron chi connectivity index (χ0n) is 12.4. The van der Waals surface area contributed by atoms with Gasteiger partial charge in [-0.1, -0.05) is 57.9 Å². The van der Waals surface area contributed by atoms with E-state index in [4.69, 9.17) is 9.47 Å². The maximum absolute atomic E-state index is 12.2. The van der Waals surface area contributed by atoms with Gasteiger partial charge in [-0.2, -0.15) is 0 Å². The third kappa shape index (κ3) is 1.91. The van der Waals surface area contributed by atoms with Crippen molar-refractivity contribution in [3.8, 4) is 0 Å². The first-order valence-corrected chi connectivity index (χ1v) is 8.53. The molecule has 6 heteroatoms. The monoisotopic (exact) mass is 420 g/mol. The highest BCUT2D eigenvalue weighted by molar-refractivity contribution is 9.10. The van der Waals surface area contributed by atoms with E-state index in [-0.39, 0.29) is 21.6 Å². The van der Waals surface area contributed by atoms with Crippen molar-refractivity contribution in [2.45, 2.75) is 29.9 Å². The lowest BCUT2D eigenvalue weighted by Crippen LogP contribution is -2.46. The molecule has 0 heterocycles. The number of methoxy groups -OCH3 is 2. The summed E-state index contributed by atoms with van der Waals surface area (Å²) in [7, 11) is 2.74. The van der Waals surface area contributed by atoms with Gasteiger partial charge < -0.3 is 9.47 Å². The Kier molecular flexibility index (Phi) is 4.42. The van der Waals surface area contributed by atoms with Gasteiger partial charge in [0.05, 0.1) is 14.2 Å². The molecule has 4 nitrogen and oxygen atoms in total. The van der Waals surface area contributed by atoms with Crippen LogP contribution in [0.3, 0.4) is 0 Å². The molecule has 0 radical (unpaired) electrons. The lowest BCUT2D eigenvalue weighted by atomic mass is 9.61. The second-order valence-corrected chi connectivity index (χ2v) is 7.45. The van der Waals surface area contributed by atoms with Crippen molar-refractivity contribution >= 4 is 43.8 Å². The summed E-state index contributed by atoms with van der Waals surface area (Å²) in [6, 6.07) is 0. The zero-order valence-corrected chi connectivity index (χ0v) is 15.6. The Labute approximate surface area is 141 Å². The molecule has 0 N–H and O–H groups in total. The molecule has 0 fully saturated rings. The number of rotatable bonds is 3. The molecule has 4 atom stereocenters. The second kappa shape index (κ2) is 5.54. The summed E-state index contributed by atoms with van der Waals surface area (Å²) in [4.78, 5) is 24.1. The SMILES string of the molecule is CC[C@]12C(C(=O)OC)=C[C@H](Br)[C@@]1(C)C(C(=O)OC)=C[C@@H]2Br. The molecule has 0 saturated carbocycles. The molecule has 2 aliphatic carbocycles. The molecular weight excluding hydrogens is 404 g/mol. The minimum atomic E-state index is -0.563. The van der Waals surface area contributed by atoms with Crippen molar-refractivity contribution in [2.75, 3.05) is 14.2 Å². The maximum Gasteiger partial charge on any atom is 0.334 e. The van der Waals surface area contributed by atoms with Crippen molar-refractivity contribution in [2.24, 2.45) is 10.8 Å². The Morgan fingerprint density at radius 2 is 1.57 bits per heavy atom. The zero-order chi connectivity index (χ0) is 16.0. The van der Waals surface area contributed by atoms with Crippen LogP contribution < -0.4 is 0 Å². The summed E-state index contributed by atoms with van der Waals surface area (Å²) in [5.41, 5.74) is 0.101. The summed E-state index contributed by atoms with van der Waals surface area (Å²) >= 11 is 7.27. The van der Waals surface area contributed by atoms with Gasteiger partial charge >= 0.3 is 11.9 Å². The molecular formula is C15H18Br2O4. The van der Waals surface area contributed by atoms with E-state index in [1.807, 2.05) is 26.0 Å². The highest BCUT2D eigenvalue weighted by Crippen LogP contribution is 2.68. The summed E-state index contributed by atoms with van der Waals surface area (Å²) in [5, 5.41) is 0. The molecule has 0 aromatic carbocycles. The van der Waals surface area contributed by atoms with Crippen LogP contribution in [0.2, 0.25) is 0 Å². The quantitative estimate of drug-likeness (QED) is 0.518. The highest BCUT2D eigenvalue weighted by atomic mass is 79.9. The molecule has 0 unspecified atom stereocenters. The van der Waals surface area contributed by atoms with Crippen molar-refractivity contribution in [1.82, 2.24) is 0 Å². The maximum atomic E-state index is 12.2. The van der Waals surface area contributed by atoms with Crippen molar-refractivity contribution < 1.29 is 19.1 Å². The third-order valence-corrected chi connectivity index (χ3v) is 7.21. The normalized spacial score (nSPS) is 37.6. The fourth-order valence-corrected chi connectivity index (χ4v) is 6.01. The second-order valence-electron chi connectivity index (χ2n) is 5.47. The molecule has 21 heavy (non-hydrogen) atoms. The van der Waals surface area contributed by atoms with Crippen LogP contribution in [0.5, 0.6) is 0 Å². The Balaban J connectivity index is 2.64. The number of alkyl halides is 2. The topological polar surface area (TPSA) is 52.6 Å². The van der Waals surface area contributed by atoms with E-state index in [0.717, 1.165) is 0 Å². The molecule has 0 aliphatic heterocycles. The summed E-state index contributed by atoms with van der Waals surface area (Å²) in [5.74, 6) is -0.713. The van der Waals surface area contributed by atoms with Gasteiger partial charge in [0.25, 0.3) is 0 Å². The van der Waals surface area contributed by atoms with Gasteiger partial charge in [-0.25, -0.2) is 9.59 Å². The fraction of sp³-hybridized carbons (Fsp3) is 0.600. The average Bonchev–Trinajstić information content (AvgIpc) is 2.86. The number of halogens is 2. The highest BCUT2D eigenvalue weighted by Gasteiger charge is 2.67. The van der Waals surface area contributed by atoms with Gasteiger partial charge in [-0.05, 0) is 6.42 Å². The van der Waals surface area contributed by atoms with Gasteiger partial charge in [0, 0.05) is 31.6 Å². The van der Waals surface area contributed by atoms with Gasteiger partial charge in [0.15, 0.2) is 0 Å². The van der Waals surface area contributed by atoms with E-state index in [9.17, 15) is 9.59 Å². The van der Waals surface area contributed by atoms with Crippen LogP contribution in [0.1, 0.15) is 20.3 Å². The standard InChI is InChI=1S/C15H18Br2O4/c1-5-15-9(13(19)21-4)7-10(16)14(15,2)8(6-11(15)17)12(18)20-3/h6-7,10-11H,5H2,1-4H3/t10-,11-,14+,15+/m0/s1. The molecule has 2 aliphatic rings. The smallest absolute Gasteiger partial charge is 0.334 e. The largest absolute Gasteiger partial charge is 0.466 e. The van der Waals surface area contributed by atoms with Crippen LogP contribution in [0.15, 0.2) is 23.3 Å². The number of carbonyl (C=O) groups excluding carboxylic acids is 2. The predicted molar refractivity (Wildman–Crippen MR) is 86.5 cm³/mol. The molecule has 116 valence electrons. The summed E-state index contributed by atoms with van der Waals surface area (Å²) in [6.45, 7) is 4.01. The van der Waals surface area contributed by atoms with Gasteiger partial charge in [-0.15, -0.1) is 0 Å². The Morgan fingerprint density at radius 1 is 1.10 bits per heavy atom. The van der Waals surface area contributed by atoms with Crippen LogP contribution >= 0.6 is 31.9 Å². The number of carbonyl (C=O) groups is 2. The number of ether oxygens (including phenoxy) is 2. The molecule has 0 spiro atoms. The van der Waals surface area contributed by atoms with E-state index in [1.165, 1.54) is 14.2 Å². The van der Waals surface area contributed by atoms with E-state index < -0.39 is 10.8 Å². The van der Waals surface area contributed by atoms with E-state index in [2.05, 4.69) is 31.9 Å². The third-order valence-electron chi connectivity index (χ3n) is 4.98. The average molecular weight is 422 g/mol. The van der Waals surface area contributed by atoms with Crippen LogP contribution in [-0.4, -0.2) is 35.8 Å². The first-order chi connectivity index (χ1) is 9.81. The number of hydrogen-bond donors (Lipinski definition) is 0. The molecule has 0 bridgehead atoms. The van der Waals surface area contributed by atoms with Crippen LogP contribution in [0.25, 0.3) is 0 Å². The van der Waals surface area contributed by atoms with Gasteiger partial charge in [-0.3, -0.25) is 0 Å². The van der Waals surface area contributed by atoms with E-state index in [0.29, 0.717) is 17.6 Å². The first-order valence-electron chi connectivity index (χ1n) is 6.70. The number of fused-ring (bicyclic) bond motifs is 1. The number of esters is 2. The molecule has 0 saturated heterocycles. The van der Waals surface area contributed by atoms with Crippen LogP contribution in [-0.2, 0) is 19.1 Å². The fourth-order valence-electron chi connectivity index (χ4n) is 3.78. The van der Waals surface area contributed by atoms with Gasteiger partial charge in [0.2, 0.25) is 0 Å². The lowest BCUT2D eigenvalue weighted by molar-refractivity contribution is -0.140. The predicted octanol–water partition coefficient (Wildman–Crippen LogP) is 3.14. The molecule has 0 aromatic rings. The molecule has 0 amide bonds. The molecule has 2 rings (SSSR count). The van der Waals surface area contributed by atoms with E-state index >= 15 is 0 Å². The summed E-state index contributed by atoms with van der Waals surface area (Å²) in [6.07, 6.45) is 4.42. The Bertz CT molecular complexity index is 554. The number of allylic oxidation sites excluding steroid dienone is 2. The van der Waals surface area contributed by atoms with E-state index in [1.54, 1.807) is 0 Å². The van der Waals surface area contributed by atoms with Crippen LogP contribution in [0.4, 0.5) is 0 Å². The first kappa shape index (κ1) is 16.7. The Hall–Kier alpha value is -0.620. The van der Waals surface area contributed by atoms with Crippen molar-refractivity contribution in [3.63, 3.8) is 0 Å². The minimum Gasteiger partial charge on any atom is -0.466 e. The van der Waals surface area contributed by atoms with Gasteiger partial charge in [0.1, 0.15) is 0 Å². The van der Waals surface area contributed by atoms with Crippen LogP contribution in [0, 0.1) is 10.8 Å². The summed E-state index contributed by atoms with van der Waals surface area (Å²) < 4.78 is 9.87. The Morgan fingerprint density at radius 3 is 2.05 bits per heavy atom. The lowest BCUT2D eigenvalue weighted by Gasteiger charge is -2.44. The van der Waals surface area contributed by atoms with Crippen molar-refractivity contribution in [3.05, 3.63) is 23.3 Å². The van der Waals surface area contributed by atoms with Crippen molar-refractivity contribution in [1.29, 1.82) is 0 Å². The minimum absolute atomic E-state index is 0.137.